The molecule has 2 N–H and O–H groups in total. The van der Waals surface area contributed by atoms with Crippen LogP contribution in [-0.4, -0.2) is 33.4 Å². The van der Waals surface area contributed by atoms with Crippen LogP contribution in [0.25, 0.3) is 0 Å². The van der Waals surface area contributed by atoms with Crippen LogP contribution in [0, 0.1) is 0 Å². The topological polar surface area (TPSA) is 93.1 Å². The maximum absolute atomic E-state index is 10.1. The highest BCUT2D eigenvalue weighted by atomic mass is 32.2. The fraction of sp³-hybridized carbons (Fsp3) is 0.667. The number of hydrogen-bond acceptors (Lipinski definition) is 5. The van der Waals surface area contributed by atoms with Crippen molar-refractivity contribution >= 4 is 24.1 Å². The summed E-state index contributed by atoms with van der Waals surface area (Å²) in [6.07, 6.45) is -1.74. The maximum Gasteiger partial charge on any atom is 0.506 e. The minimum atomic E-state index is -1.35. The Balaban J connectivity index is 2.27. The van der Waals surface area contributed by atoms with E-state index in [4.69, 9.17) is 10.2 Å². The molecule has 0 aromatic rings. The van der Waals surface area contributed by atoms with Crippen LogP contribution >= 0.6 is 11.8 Å². The van der Waals surface area contributed by atoms with Gasteiger partial charge >= 0.3 is 12.3 Å². The van der Waals surface area contributed by atoms with E-state index in [2.05, 4.69) is 9.47 Å². The number of carbonyl (C=O) groups is 2. The van der Waals surface area contributed by atoms with E-state index in [0.29, 0.717) is 12.8 Å². The molecule has 0 amide bonds. The standard InChI is InChI=1S/C6H8O6S/c7-5(8)11-3-1-2-4(13-3)12-6(9)10/h3-4H,1-2H2,(H,7,8)(H,9,10). The first-order chi connectivity index (χ1) is 6.08. The minimum absolute atomic E-state index is 0.481. The molecule has 0 aliphatic carbocycles. The summed E-state index contributed by atoms with van der Waals surface area (Å²) in [6, 6.07) is 0. The number of carboxylic acid groups (broad SMARTS) is 2. The van der Waals surface area contributed by atoms with Crippen molar-refractivity contribution in [1.29, 1.82) is 0 Å². The van der Waals surface area contributed by atoms with Gasteiger partial charge in [-0.15, -0.1) is 0 Å². The quantitative estimate of drug-likeness (QED) is 0.665. The molecule has 1 aliphatic heterocycles. The minimum Gasteiger partial charge on any atom is -0.450 e. The highest BCUT2D eigenvalue weighted by molar-refractivity contribution is 8.00. The van der Waals surface area contributed by atoms with E-state index in [0.717, 1.165) is 11.8 Å². The Morgan fingerprint density at radius 1 is 1.08 bits per heavy atom. The van der Waals surface area contributed by atoms with Gasteiger partial charge in [0.25, 0.3) is 0 Å². The van der Waals surface area contributed by atoms with E-state index in [1.807, 2.05) is 0 Å². The van der Waals surface area contributed by atoms with E-state index in [-0.39, 0.29) is 0 Å². The Kier molecular flexibility index (Phi) is 3.24. The van der Waals surface area contributed by atoms with Crippen molar-refractivity contribution in [3.63, 3.8) is 0 Å². The lowest BCUT2D eigenvalue weighted by Crippen LogP contribution is -2.11. The van der Waals surface area contributed by atoms with E-state index >= 15 is 0 Å². The molecule has 0 spiro atoms. The predicted molar refractivity (Wildman–Crippen MR) is 42.6 cm³/mol. The van der Waals surface area contributed by atoms with Crippen molar-refractivity contribution in [2.24, 2.45) is 0 Å². The normalized spacial score (nSPS) is 26.8. The molecule has 13 heavy (non-hydrogen) atoms. The van der Waals surface area contributed by atoms with Crippen LogP contribution in [0.5, 0.6) is 0 Å². The first-order valence-electron chi connectivity index (χ1n) is 3.52. The molecule has 1 saturated heterocycles. The molecule has 0 aromatic carbocycles. The van der Waals surface area contributed by atoms with Crippen LogP contribution < -0.4 is 0 Å². The Hall–Kier alpha value is -1.11. The zero-order valence-electron chi connectivity index (χ0n) is 6.50. The molecule has 2 atom stereocenters. The maximum atomic E-state index is 10.1. The largest absolute Gasteiger partial charge is 0.506 e. The van der Waals surface area contributed by atoms with Crippen LogP contribution in [0.2, 0.25) is 0 Å². The third-order valence-corrected chi connectivity index (χ3v) is 2.68. The van der Waals surface area contributed by atoms with Gasteiger partial charge in [-0.05, 0) is 12.8 Å². The molecule has 0 aromatic heterocycles. The van der Waals surface area contributed by atoms with Gasteiger partial charge in [-0.2, -0.15) is 0 Å². The van der Waals surface area contributed by atoms with Crippen LogP contribution in [0.3, 0.4) is 0 Å². The van der Waals surface area contributed by atoms with Gasteiger partial charge in [-0.3, -0.25) is 0 Å². The second-order valence-electron chi connectivity index (χ2n) is 2.34. The molecule has 1 fully saturated rings. The van der Waals surface area contributed by atoms with Gasteiger partial charge in [0.15, 0.2) is 10.9 Å². The molecule has 1 heterocycles. The number of hydrogen-bond donors (Lipinski definition) is 2. The van der Waals surface area contributed by atoms with Crippen molar-refractivity contribution < 1.29 is 29.3 Å². The van der Waals surface area contributed by atoms with Crippen molar-refractivity contribution in [3.05, 3.63) is 0 Å². The fourth-order valence-corrected chi connectivity index (χ4v) is 2.13. The number of ether oxygens (including phenoxy) is 2. The molecular formula is C6H8O6S. The SMILES string of the molecule is O=C(O)OC1CCC(OC(=O)O)S1. The number of thioether (sulfide) groups is 1. The van der Waals surface area contributed by atoms with Crippen molar-refractivity contribution in [2.75, 3.05) is 0 Å². The molecule has 1 aliphatic rings. The van der Waals surface area contributed by atoms with Crippen molar-refractivity contribution in [1.82, 2.24) is 0 Å². The van der Waals surface area contributed by atoms with Gasteiger partial charge < -0.3 is 19.7 Å². The average molecular weight is 208 g/mol. The third kappa shape index (κ3) is 3.41. The van der Waals surface area contributed by atoms with Crippen molar-refractivity contribution in [3.8, 4) is 0 Å². The summed E-state index contributed by atoms with van der Waals surface area (Å²) in [6.45, 7) is 0. The summed E-state index contributed by atoms with van der Waals surface area (Å²) >= 11 is 1.06. The summed E-state index contributed by atoms with van der Waals surface area (Å²) < 4.78 is 8.86. The lowest BCUT2D eigenvalue weighted by molar-refractivity contribution is 0.0752. The third-order valence-electron chi connectivity index (χ3n) is 1.41. The first kappa shape index (κ1) is 9.97. The molecular weight excluding hydrogens is 200 g/mol. The zero-order valence-corrected chi connectivity index (χ0v) is 7.32. The second-order valence-corrected chi connectivity index (χ2v) is 3.66. The summed E-state index contributed by atoms with van der Waals surface area (Å²) in [5, 5.41) is 16.5. The van der Waals surface area contributed by atoms with Gasteiger partial charge in [0.2, 0.25) is 0 Å². The van der Waals surface area contributed by atoms with E-state index < -0.39 is 23.2 Å². The molecule has 74 valence electrons. The first-order valence-corrected chi connectivity index (χ1v) is 4.47. The van der Waals surface area contributed by atoms with E-state index in [1.165, 1.54) is 0 Å². The molecule has 0 saturated carbocycles. The molecule has 7 heteroatoms. The Labute approximate surface area is 77.8 Å². The van der Waals surface area contributed by atoms with Crippen LogP contribution in [0.1, 0.15) is 12.8 Å². The smallest absolute Gasteiger partial charge is 0.450 e. The summed E-state index contributed by atoms with van der Waals surface area (Å²) in [5.74, 6) is 0. The van der Waals surface area contributed by atoms with Crippen LogP contribution in [-0.2, 0) is 9.47 Å². The summed E-state index contributed by atoms with van der Waals surface area (Å²) in [7, 11) is 0. The highest BCUT2D eigenvalue weighted by Crippen LogP contribution is 2.35. The monoisotopic (exact) mass is 208 g/mol. The van der Waals surface area contributed by atoms with Crippen LogP contribution in [0.15, 0.2) is 0 Å². The lowest BCUT2D eigenvalue weighted by Gasteiger charge is -2.08. The molecule has 6 nitrogen and oxygen atoms in total. The second kappa shape index (κ2) is 4.22. The Morgan fingerprint density at radius 3 is 1.77 bits per heavy atom. The van der Waals surface area contributed by atoms with Gasteiger partial charge in [0.05, 0.1) is 0 Å². The van der Waals surface area contributed by atoms with Crippen LogP contribution in [0.4, 0.5) is 9.59 Å². The van der Waals surface area contributed by atoms with Gasteiger partial charge in [-0.25, -0.2) is 9.59 Å². The summed E-state index contributed by atoms with van der Waals surface area (Å²) in [4.78, 5) is 20.2. The van der Waals surface area contributed by atoms with Gasteiger partial charge in [-0.1, -0.05) is 11.8 Å². The fourth-order valence-electron chi connectivity index (χ4n) is 0.976. The lowest BCUT2D eigenvalue weighted by atomic mass is 10.3. The predicted octanol–water partition coefficient (Wildman–Crippen LogP) is 1.55. The zero-order chi connectivity index (χ0) is 9.84. The molecule has 2 unspecified atom stereocenters. The number of rotatable bonds is 2. The van der Waals surface area contributed by atoms with E-state index in [1.54, 1.807) is 0 Å². The molecule has 0 bridgehead atoms. The average Bonchev–Trinajstić information content (AvgIpc) is 2.33. The molecule has 1 rings (SSSR count). The summed E-state index contributed by atoms with van der Waals surface area (Å²) in [5.41, 5.74) is -1.02. The van der Waals surface area contributed by atoms with Gasteiger partial charge in [0, 0.05) is 0 Å². The van der Waals surface area contributed by atoms with Crippen molar-refractivity contribution in [2.45, 2.75) is 23.7 Å². The Morgan fingerprint density at radius 2 is 1.46 bits per heavy atom. The van der Waals surface area contributed by atoms with Gasteiger partial charge in [0.1, 0.15) is 0 Å². The van der Waals surface area contributed by atoms with E-state index in [9.17, 15) is 9.59 Å². The highest BCUT2D eigenvalue weighted by Gasteiger charge is 2.30. The molecule has 0 radical (unpaired) electrons. The Bertz CT molecular complexity index is 195.